The normalized spacial score (nSPS) is 11.5. The van der Waals surface area contributed by atoms with Gasteiger partial charge in [0.25, 0.3) is 6.01 Å². The van der Waals surface area contributed by atoms with E-state index in [-0.39, 0.29) is 11.8 Å². The van der Waals surface area contributed by atoms with Crippen molar-refractivity contribution >= 4 is 30.9 Å². The molecule has 0 aliphatic carbocycles. The molecule has 0 saturated carbocycles. The standard InChI is InChI=1S/C23H18ClN2O5P/c1-14-3-8-18(12-22(14)31-32(27)28)30-23-25-20-11-16(19(24)13-21(20)26-23)7-4-15-5-9-17(29-2)10-6-15/h3,5-6,8-13,32H,1-2H3,(H,25,26)(H,27,28). The number of benzene rings is 3. The van der Waals surface area contributed by atoms with Gasteiger partial charge in [0.1, 0.15) is 17.2 Å². The van der Waals surface area contributed by atoms with E-state index in [1.807, 2.05) is 24.3 Å². The molecular formula is C23H18ClN2O5P. The maximum absolute atomic E-state index is 11.0. The Labute approximate surface area is 189 Å². The molecule has 1 aromatic heterocycles. The number of ether oxygens (including phenoxy) is 2. The van der Waals surface area contributed by atoms with Crippen LogP contribution in [0.5, 0.6) is 23.3 Å². The summed E-state index contributed by atoms with van der Waals surface area (Å²) < 4.78 is 26.9. The Morgan fingerprint density at radius 2 is 1.81 bits per heavy atom. The fraction of sp³-hybridized carbons (Fsp3) is 0.0870. The van der Waals surface area contributed by atoms with Gasteiger partial charge in [-0.3, -0.25) is 0 Å². The van der Waals surface area contributed by atoms with Crippen molar-refractivity contribution in [3.05, 3.63) is 76.3 Å². The molecule has 3 aromatic carbocycles. The van der Waals surface area contributed by atoms with Crippen LogP contribution in [0, 0.1) is 18.8 Å². The van der Waals surface area contributed by atoms with Gasteiger partial charge in [0, 0.05) is 17.2 Å². The second-order valence-electron chi connectivity index (χ2n) is 6.77. The minimum atomic E-state index is -3.12. The van der Waals surface area contributed by atoms with Crippen molar-refractivity contribution in [2.24, 2.45) is 0 Å². The van der Waals surface area contributed by atoms with Crippen molar-refractivity contribution in [1.82, 2.24) is 9.97 Å². The topological polar surface area (TPSA) is 93.7 Å². The number of rotatable bonds is 5. The molecule has 1 atom stereocenters. The Bertz CT molecular complexity index is 1370. The number of halogens is 1. The number of nitrogens with zero attached hydrogens (tertiary/aromatic N) is 1. The van der Waals surface area contributed by atoms with Crippen LogP contribution in [0.4, 0.5) is 0 Å². The number of methoxy groups -OCH3 is 1. The van der Waals surface area contributed by atoms with Crippen molar-refractivity contribution in [2.75, 3.05) is 7.11 Å². The maximum atomic E-state index is 11.0. The van der Waals surface area contributed by atoms with Gasteiger partial charge in [-0.15, -0.1) is 0 Å². The lowest BCUT2D eigenvalue weighted by Crippen LogP contribution is -1.89. The summed E-state index contributed by atoms with van der Waals surface area (Å²) in [6.07, 6.45) is 0. The highest BCUT2D eigenvalue weighted by molar-refractivity contribution is 7.32. The van der Waals surface area contributed by atoms with Gasteiger partial charge < -0.3 is 23.9 Å². The summed E-state index contributed by atoms with van der Waals surface area (Å²) in [4.78, 5) is 16.5. The Morgan fingerprint density at radius 1 is 1.06 bits per heavy atom. The molecule has 0 aliphatic rings. The predicted octanol–water partition coefficient (Wildman–Crippen LogP) is 5.49. The number of nitrogens with one attached hydrogen (secondary N) is 1. The van der Waals surface area contributed by atoms with Crippen LogP contribution in [-0.4, -0.2) is 22.0 Å². The van der Waals surface area contributed by atoms with E-state index in [4.69, 9.17) is 30.5 Å². The Hall–Kier alpha value is -3.43. The molecule has 0 aliphatic heterocycles. The lowest BCUT2D eigenvalue weighted by atomic mass is 10.1. The van der Waals surface area contributed by atoms with E-state index in [0.29, 0.717) is 32.9 Å². The van der Waals surface area contributed by atoms with Crippen molar-refractivity contribution in [2.45, 2.75) is 6.92 Å². The lowest BCUT2D eigenvalue weighted by Gasteiger charge is -2.08. The number of aryl methyl sites for hydroxylation is 1. The van der Waals surface area contributed by atoms with E-state index >= 15 is 0 Å². The van der Waals surface area contributed by atoms with Gasteiger partial charge >= 0.3 is 8.25 Å². The highest BCUT2D eigenvalue weighted by atomic mass is 35.5. The zero-order chi connectivity index (χ0) is 22.7. The summed E-state index contributed by atoms with van der Waals surface area (Å²) in [6, 6.07) is 16.1. The lowest BCUT2D eigenvalue weighted by molar-refractivity contribution is 0.406. The Kier molecular flexibility index (Phi) is 6.38. The third-order valence-corrected chi connectivity index (χ3v) is 5.26. The third-order valence-electron chi connectivity index (χ3n) is 4.55. The monoisotopic (exact) mass is 468 g/mol. The minimum absolute atomic E-state index is 0.239. The quantitative estimate of drug-likeness (QED) is 0.297. The van der Waals surface area contributed by atoms with Crippen LogP contribution < -0.4 is 14.0 Å². The van der Waals surface area contributed by atoms with Gasteiger partial charge in [-0.1, -0.05) is 29.5 Å². The second-order valence-corrected chi connectivity index (χ2v) is 7.91. The number of aromatic amines is 1. The summed E-state index contributed by atoms with van der Waals surface area (Å²) >= 11 is 6.40. The van der Waals surface area contributed by atoms with Crippen molar-refractivity contribution in [1.29, 1.82) is 0 Å². The molecule has 0 bridgehead atoms. The van der Waals surface area contributed by atoms with E-state index in [2.05, 4.69) is 21.8 Å². The third kappa shape index (κ3) is 5.06. The molecule has 2 N–H and O–H groups in total. The molecule has 162 valence electrons. The van der Waals surface area contributed by atoms with Crippen LogP contribution in [0.2, 0.25) is 5.02 Å². The maximum Gasteiger partial charge on any atom is 0.365 e. The van der Waals surface area contributed by atoms with Gasteiger partial charge in [-0.05, 0) is 55.0 Å². The zero-order valence-corrected chi connectivity index (χ0v) is 18.9. The van der Waals surface area contributed by atoms with Gasteiger partial charge in [0.2, 0.25) is 0 Å². The van der Waals surface area contributed by atoms with Crippen molar-refractivity contribution < 1.29 is 23.5 Å². The summed E-state index contributed by atoms with van der Waals surface area (Å²) in [5, 5.41) is 0.479. The number of fused-ring (bicyclic) bond motifs is 1. The number of imidazole rings is 1. The molecule has 9 heteroatoms. The van der Waals surface area contributed by atoms with Gasteiger partial charge in [-0.25, -0.2) is 4.57 Å². The molecule has 0 amide bonds. The molecule has 1 unspecified atom stereocenters. The van der Waals surface area contributed by atoms with E-state index in [1.54, 1.807) is 38.3 Å². The van der Waals surface area contributed by atoms with Gasteiger partial charge in [0.05, 0.1) is 23.2 Å². The molecule has 1 heterocycles. The minimum Gasteiger partial charge on any atom is -0.497 e. The average Bonchev–Trinajstić information content (AvgIpc) is 3.15. The first-order valence-electron chi connectivity index (χ1n) is 9.46. The molecule has 0 fully saturated rings. The Morgan fingerprint density at radius 3 is 2.53 bits per heavy atom. The highest BCUT2D eigenvalue weighted by Crippen LogP contribution is 2.32. The van der Waals surface area contributed by atoms with Gasteiger partial charge in [0.15, 0.2) is 0 Å². The van der Waals surface area contributed by atoms with Crippen LogP contribution in [0.1, 0.15) is 16.7 Å². The zero-order valence-electron chi connectivity index (χ0n) is 17.1. The summed E-state index contributed by atoms with van der Waals surface area (Å²) in [7, 11) is -1.51. The second kappa shape index (κ2) is 9.37. The first-order valence-corrected chi connectivity index (χ1v) is 11.1. The summed E-state index contributed by atoms with van der Waals surface area (Å²) in [5.74, 6) is 7.57. The van der Waals surface area contributed by atoms with E-state index in [1.165, 1.54) is 6.07 Å². The largest absolute Gasteiger partial charge is 0.497 e. The molecular weight excluding hydrogens is 451 g/mol. The van der Waals surface area contributed by atoms with E-state index in [9.17, 15) is 4.57 Å². The average molecular weight is 469 g/mol. The molecule has 4 rings (SSSR count). The number of hydrogen-bond donors (Lipinski definition) is 2. The van der Waals surface area contributed by atoms with Crippen LogP contribution in [0.15, 0.2) is 54.6 Å². The molecule has 0 spiro atoms. The van der Waals surface area contributed by atoms with Crippen molar-refractivity contribution in [3.63, 3.8) is 0 Å². The molecule has 7 nitrogen and oxygen atoms in total. The fourth-order valence-corrected chi connectivity index (χ4v) is 3.54. The molecule has 0 radical (unpaired) electrons. The summed E-state index contributed by atoms with van der Waals surface area (Å²) in [5.41, 5.74) is 3.49. The first-order chi connectivity index (χ1) is 15.4. The van der Waals surface area contributed by atoms with E-state index in [0.717, 1.165) is 11.3 Å². The smallest absolute Gasteiger partial charge is 0.365 e. The van der Waals surface area contributed by atoms with Crippen LogP contribution >= 0.6 is 19.9 Å². The van der Waals surface area contributed by atoms with E-state index < -0.39 is 8.25 Å². The van der Waals surface area contributed by atoms with Gasteiger partial charge in [-0.2, -0.15) is 4.98 Å². The predicted molar refractivity (Wildman–Crippen MR) is 123 cm³/mol. The van der Waals surface area contributed by atoms with Crippen LogP contribution in [0.3, 0.4) is 0 Å². The van der Waals surface area contributed by atoms with Crippen molar-refractivity contribution in [3.8, 4) is 35.1 Å². The number of hydrogen-bond acceptors (Lipinski definition) is 5. The SMILES string of the molecule is COc1ccc(C#Cc2cc3nc(Oc4ccc(C)c(O[PH](=O)O)c4)[nH]c3cc2Cl)cc1. The summed E-state index contributed by atoms with van der Waals surface area (Å²) in [6.45, 7) is 1.77. The number of aromatic nitrogens is 2. The number of H-pyrrole nitrogens is 1. The Balaban J connectivity index is 1.59. The van der Waals surface area contributed by atoms with Crippen LogP contribution in [0.25, 0.3) is 11.0 Å². The first kappa shape index (κ1) is 21.8. The fourth-order valence-electron chi connectivity index (χ4n) is 2.92. The van der Waals surface area contributed by atoms with Crippen LogP contribution in [-0.2, 0) is 4.57 Å². The molecule has 0 saturated heterocycles. The molecule has 32 heavy (non-hydrogen) atoms. The molecule has 4 aromatic rings. The highest BCUT2D eigenvalue weighted by Gasteiger charge is 2.11.